The second-order valence-corrected chi connectivity index (χ2v) is 6.36. The van der Waals surface area contributed by atoms with Crippen LogP contribution in [0, 0.1) is 0 Å². The highest BCUT2D eigenvalue weighted by Gasteiger charge is 2.19. The van der Waals surface area contributed by atoms with Crippen molar-refractivity contribution in [1.82, 2.24) is 0 Å². The lowest BCUT2D eigenvalue weighted by atomic mass is 10.2. The van der Waals surface area contributed by atoms with E-state index in [9.17, 15) is 8.42 Å². The molecule has 0 aromatic heterocycles. The van der Waals surface area contributed by atoms with Crippen LogP contribution in [0.3, 0.4) is 0 Å². The first kappa shape index (κ1) is 17.7. The van der Waals surface area contributed by atoms with Crippen LogP contribution in [-0.2, 0) is 10.0 Å². The first-order valence-corrected chi connectivity index (χ1v) is 8.34. The maximum Gasteiger partial charge on any atom is 0.238 e. The third kappa shape index (κ3) is 3.47. The van der Waals surface area contributed by atoms with E-state index in [1.165, 1.54) is 33.5 Å². The van der Waals surface area contributed by atoms with Crippen LogP contribution in [0.2, 0.25) is 0 Å². The number of methoxy groups -OCH3 is 3. The van der Waals surface area contributed by atoms with Crippen LogP contribution in [0.25, 0.3) is 0 Å². The first-order chi connectivity index (χ1) is 11.3. The molecule has 2 rings (SSSR count). The minimum absolute atomic E-state index is 0.0194. The molecule has 0 amide bonds. The summed E-state index contributed by atoms with van der Waals surface area (Å²) in [4.78, 5) is 0.0194. The van der Waals surface area contributed by atoms with Crippen LogP contribution < -0.4 is 30.4 Å². The molecular weight excluding hydrogens is 334 g/mol. The van der Waals surface area contributed by atoms with E-state index < -0.39 is 10.0 Å². The molecule has 0 aliphatic heterocycles. The van der Waals surface area contributed by atoms with Gasteiger partial charge in [-0.3, -0.25) is 0 Å². The lowest BCUT2D eigenvalue weighted by Crippen LogP contribution is -2.11. The molecular formula is C15H19N3O5S. The summed E-state index contributed by atoms with van der Waals surface area (Å²) in [5.74, 6) is 1.15. The standard InChI is InChI=1S/C15H19N3O5S/c1-21-12-8-11(13(16)15(23-3)14(12)22-2)18-9-4-6-10(7-5-9)24(17,19)20/h4-8,18H,16H2,1-3H3,(H2,17,19,20). The van der Waals surface area contributed by atoms with E-state index in [4.69, 9.17) is 25.1 Å². The third-order valence-corrected chi connectivity index (χ3v) is 4.26. The molecule has 0 unspecified atom stereocenters. The zero-order valence-corrected chi connectivity index (χ0v) is 14.3. The van der Waals surface area contributed by atoms with Gasteiger partial charge in [-0.25, -0.2) is 13.6 Å². The Kier molecular flexibility index (Phi) is 5.05. The molecule has 0 radical (unpaired) electrons. The van der Waals surface area contributed by atoms with Gasteiger partial charge >= 0.3 is 0 Å². The normalized spacial score (nSPS) is 11.0. The van der Waals surface area contributed by atoms with Crippen molar-refractivity contribution >= 4 is 27.1 Å². The summed E-state index contributed by atoms with van der Waals surface area (Å²) in [6.45, 7) is 0. The lowest BCUT2D eigenvalue weighted by molar-refractivity contribution is 0.326. The van der Waals surface area contributed by atoms with Crippen molar-refractivity contribution < 1.29 is 22.6 Å². The van der Waals surface area contributed by atoms with E-state index in [2.05, 4.69) is 5.32 Å². The van der Waals surface area contributed by atoms with Gasteiger partial charge in [-0.05, 0) is 24.3 Å². The second kappa shape index (κ2) is 6.85. The van der Waals surface area contributed by atoms with E-state index in [0.29, 0.717) is 34.3 Å². The number of nitrogens with one attached hydrogen (secondary N) is 1. The molecule has 0 aliphatic rings. The maximum atomic E-state index is 11.3. The van der Waals surface area contributed by atoms with Gasteiger partial charge in [-0.2, -0.15) is 0 Å². The van der Waals surface area contributed by atoms with Gasteiger partial charge in [0.25, 0.3) is 0 Å². The molecule has 2 aromatic carbocycles. The van der Waals surface area contributed by atoms with E-state index >= 15 is 0 Å². The average molecular weight is 353 g/mol. The summed E-state index contributed by atoms with van der Waals surface area (Å²) in [6, 6.07) is 7.59. The Bertz CT molecular complexity index is 835. The highest BCUT2D eigenvalue weighted by molar-refractivity contribution is 7.89. The molecule has 130 valence electrons. The molecule has 0 fully saturated rings. The lowest BCUT2D eigenvalue weighted by Gasteiger charge is -2.18. The van der Waals surface area contributed by atoms with Crippen molar-refractivity contribution in [3.8, 4) is 17.2 Å². The third-order valence-electron chi connectivity index (χ3n) is 3.33. The molecule has 0 atom stereocenters. The molecule has 0 bridgehead atoms. The molecule has 0 saturated carbocycles. The van der Waals surface area contributed by atoms with Gasteiger partial charge < -0.3 is 25.3 Å². The minimum Gasteiger partial charge on any atom is -0.493 e. The Balaban J connectivity index is 2.43. The van der Waals surface area contributed by atoms with Crippen molar-refractivity contribution in [2.75, 3.05) is 32.4 Å². The Morgan fingerprint density at radius 2 is 1.54 bits per heavy atom. The van der Waals surface area contributed by atoms with Crippen LogP contribution in [0.4, 0.5) is 17.1 Å². The number of rotatable bonds is 6. The molecule has 9 heteroatoms. The van der Waals surface area contributed by atoms with Gasteiger partial charge in [-0.15, -0.1) is 0 Å². The predicted octanol–water partition coefficient (Wildman–Crippen LogP) is 1.69. The molecule has 0 saturated heterocycles. The van der Waals surface area contributed by atoms with Crippen LogP contribution in [0.5, 0.6) is 17.2 Å². The number of nitrogens with two attached hydrogens (primary N) is 2. The zero-order valence-electron chi connectivity index (χ0n) is 13.5. The number of sulfonamides is 1. The van der Waals surface area contributed by atoms with E-state index in [0.717, 1.165) is 0 Å². The highest BCUT2D eigenvalue weighted by Crippen LogP contribution is 2.46. The Hall–Kier alpha value is -2.65. The zero-order chi connectivity index (χ0) is 17.9. The van der Waals surface area contributed by atoms with Crippen LogP contribution >= 0.6 is 0 Å². The van der Waals surface area contributed by atoms with Gasteiger partial charge in [0.05, 0.1) is 31.9 Å². The number of nitrogen functional groups attached to an aromatic ring is 1. The molecule has 2 aromatic rings. The summed E-state index contributed by atoms with van der Waals surface area (Å²) in [6.07, 6.45) is 0. The van der Waals surface area contributed by atoms with Crippen molar-refractivity contribution in [3.63, 3.8) is 0 Å². The topological polar surface area (TPSA) is 126 Å². The fourth-order valence-corrected chi connectivity index (χ4v) is 2.68. The predicted molar refractivity (Wildman–Crippen MR) is 91.6 cm³/mol. The highest BCUT2D eigenvalue weighted by atomic mass is 32.2. The van der Waals surface area contributed by atoms with Crippen molar-refractivity contribution in [1.29, 1.82) is 0 Å². The largest absolute Gasteiger partial charge is 0.493 e. The summed E-state index contributed by atoms with van der Waals surface area (Å²) >= 11 is 0. The van der Waals surface area contributed by atoms with Crippen LogP contribution in [-0.4, -0.2) is 29.7 Å². The Morgan fingerprint density at radius 1 is 0.958 bits per heavy atom. The van der Waals surface area contributed by atoms with E-state index in [-0.39, 0.29) is 4.90 Å². The molecule has 24 heavy (non-hydrogen) atoms. The van der Waals surface area contributed by atoms with E-state index in [1.807, 2.05) is 0 Å². The fourth-order valence-electron chi connectivity index (χ4n) is 2.17. The number of primary sulfonamides is 1. The second-order valence-electron chi connectivity index (χ2n) is 4.80. The summed E-state index contributed by atoms with van der Waals surface area (Å²) in [5.41, 5.74) is 7.56. The minimum atomic E-state index is -3.74. The van der Waals surface area contributed by atoms with Crippen molar-refractivity contribution in [2.24, 2.45) is 5.14 Å². The fraction of sp³-hybridized carbons (Fsp3) is 0.200. The smallest absolute Gasteiger partial charge is 0.238 e. The quantitative estimate of drug-likeness (QED) is 0.675. The number of ether oxygens (including phenoxy) is 3. The first-order valence-electron chi connectivity index (χ1n) is 6.80. The van der Waals surface area contributed by atoms with Gasteiger partial charge in [0.15, 0.2) is 11.5 Å². The van der Waals surface area contributed by atoms with Gasteiger partial charge in [0.1, 0.15) is 5.69 Å². The van der Waals surface area contributed by atoms with Gasteiger partial charge in [-0.1, -0.05) is 0 Å². The van der Waals surface area contributed by atoms with Crippen LogP contribution in [0.1, 0.15) is 0 Å². The van der Waals surface area contributed by atoms with Crippen LogP contribution in [0.15, 0.2) is 35.2 Å². The van der Waals surface area contributed by atoms with Gasteiger partial charge in [0, 0.05) is 11.8 Å². The van der Waals surface area contributed by atoms with Gasteiger partial charge in [0.2, 0.25) is 15.8 Å². The molecule has 5 N–H and O–H groups in total. The number of hydrogen-bond acceptors (Lipinski definition) is 7. The van der Waals surface area contributed by atoms with Crippen molar-refractivity contribution in [3.05, 3.63) is 30.3 Å². The monoisotopic (exact) mass is 353 g/mol. The summed E-state index contributed by atoms with van der Waals surface area (Å²) in [5, 5.41) is 8.15. The maximum absolute atomic E-state index is 11.3. The van der Waals surface area contributed by atoms with E-state index in [1.54, 1.807) is 18.2 Å². The SMILES string of the molecule is COc1cc(Nc2ccc(S(N)(=O)=O)cc2)c(N)c(OC)c1OC. The molecule has 8 nitrogen and oxygen atoms in total. The summed E-state index contributed by atoms with van der Waals surface area (Å²) < 4.78 is 38.4. The number of hydrogen-bond donors (Lipinski definition) is 3. The average Bonchev–Trinajstić information content (AvgIpc) is 2.55. The molecule has 0 spiro atoms. The Morgan fingerprint density at radius 3 is 2.00 bits per heavy atom. The Labute approximate surface area is 140 Å². The molecule has 0 aliphatic carbocycles. The number of benzene rings is 2. The molecule has 0 heterocycles. The van der Waals surface area contributed by atoms with Crippen molar-refractivity contribution in [2.45, 2.75) is 4.90 Å². The summed E-state index contributed by atoms with van der Waals surface area (Å²) in [7, 11) is 0.714. The number of anilines is 3.